The third kappa shape index (κ3) is 4.78. The first-order valence-electron chi connectivity index (χ1n) is 5.59. The Kier molecular flexibility index (Phi) is 5.36. The van der Waals surface area contributed by atoms with E-state index in [1.807, 2.05) is 30.3 Å². The van der Waals surface area contributed by atoms with E-state index in [0.717, 1.165) is 17.9 Å². The van der Waals surface area contributed by atoms with E-state index in [1.165, 1.54) is 19.4 Å². The van der Waals surface area contributed by atoms with Gasteiger partial charge in [0.05, 0.1) is 6.61 Å². The number of carbonyl (C=O) groups is 2. The van der Waals surface area contributed by atoms with Crippen LogP contribution < -0.4 is 0 Å². The second kappa shape index (κ2) is 6.81. The molecule has 17 heavy (non-hydrogen) atoms. The Morgan fingerprint density at radius 2 is 1.71 bits per heavy atom. The fourth-order valence-electron chi connectivity index (χ4n) is 1.48. The van der Waals surface area contributed by atoms with E-state index >= 15 is 0 Å². The van der Waals surface area contributed by atoms with Crippen molar-refractivity contribution in [3.8, 4) is 0 Å². The predicted octanol–water partition coefficient (Wildman–Crippen LogP) is 1.95. The maximum atomic E-state index is 11.0. The summed E-state index contributed by atoms with van der Waals surface area (Å²) in [5.41, 5.74) is 1.22. The number of hydrogen-bond acceptors (Lipinski definition) is 3. The Hall–Kier alpha value is -1.68. The van der Waals surface area contributed by atoms with Crippen molar-refractivity contribution in [3.05, 3.63) is 35.9 Å². The zero-order valence-electron chi connectivity index (χ0n) is 10.2. The average molecular weight is 235 g/mol. The van der Waals surface area contributed by atoms with E-state index in [2.05, 4.69) is 0 Å². The summed E-state index contributed by atoms with van der Waals surface area (Å²) in [5.74, 6) is -0.783. The molecular weight excluding hydrogens is 218 g/mol. The SMILES string of the molecule is CC(=O)N(OCCCc1ccccc1)C(C)=O. The minimum Gasteiger partial charge on any atom is -0.272 e. The predicted molar refractivity (Wildman–Crippen MR) is 63.9 cm³/mol. The number of imide groups is 1. The molecule has 2 amide bonds. The summed E-state index contributed by atoms with van der Waals surface area (Å²) < 4.78 is 0. The van der Waals surface area contributed by atoms with E-state index in [-0.39, 0.29) is 0 Å². The zero-order valence-corrected chi connectivity index (χ0v) is 10.2. The van der Waals surface area contributed by atoms with Crippen molar-refractivity contribution in [1.29, 1.82) is 0 Å². The molecule has 92 valence electrons. The van der Waals surface area contributed by atoms with Gasteiger partial charge in [0.25, 0.3) is 0 Å². The van der Waals surface area contributed by atoms with Gasteiger partial charge in [0.2, 0.25) is 11.8 Å². The van der Waals surface area contributed by atoms with Crippen LogP contribution in [-0.4, -0.2) is 23.5 Å². The van der Waals surface area contributed by atoms with Crippen molar-refractivity contribution >= 4 is 11.8 Å². The van der Waals surface area contributed by atoms with Crippen LogP contribution in [0.15, 0.2) is 30.3 Å². The number of rotatable bonds is 5. The van der Waals surface area contributed by atoms with Crippen molar-refractivity contribution in [1.82, 2.24) is 5.06 Å². The van der Waals surface area contributed by atoms with E-state index in [4.69, 9.17) is 4.84 Å². The first-order valence-corrected chi connectivity index (χ1v) is 5.59. The molecule has 1 aromatic rings. The van der Waals surface area contributed by atoms with Crippen molar-refractivity contribution in [3.63, 3.8) is 0 Å². The van der Waals surface area contributed by atoms with Gasteiger partial charge in [-0.3, -0.25) is 14.4 Å². The Morgan fingerprint density at radius 3 is 2.24 bits per heavy atom. The van der Waals surface area contributed by atoms with Gasteiger partial charge >= 0.3 is 0 Å². The monoisotopic (exact) mass is 235 g/mol. The Labute approximate surface area is 101 Å². The molecule has 1 aromatic carbocycles. The summed E-state index contributed by atoms with van der Waals surface area (Å²) >= 11 is 0. The van der Waals surface area contributed by atoms with Gasteiger partial charge in [0.15, 0.2) is 0 Å². The number of hydroxylamine groups is 2. The van der Waals surface area contributed by atoms with E-state index in [1.54, 1.807) is 0 Å². The van der Waals surface area contributed by atoms with E-state index in [0.29, 0.717) is 6.61 Å². The Balaban J connectivity index is 2.28. The van der Waals surface area contributed by atoms with Crippen LogP contribution in [0.1, 0.15) is 25.8 Å². The van der Waals surface area contributed by atoms with E-state index < -0.39 is 11.8 Å². The van der Waals surface area contributed by atoms with Crippen LogP contribution >= 0.6 is 0 Å². The molecular formula is C13H17NO3. The molecule has 0 aliphatic rings. The lowest BCUT2D eigenvalue weighted by atomic mass is 10.1. The molecule has 0 spiro atoms. The average Bonchev–Trinajstić information content (AvgIpc) is 2.29. The Morgan fingerprint density at radius 1 is 1.12 bits per heavy atom. The van der Waals surface area contributed by atoms with Gasteiger partial charge in [-0.2, -0.15) is 5.06 Å². The summed E-state index contributed by atoms with van der Waals surface area (Å²) in [6.07, 6.45) is 1.63. The van der Waals surface area contributed by atoms with Crippen LogP contribution in [0, 0.1) is 0 Å². The zero-order chi connectivity index (χ0) is 12.7. The van der Waals surface area contributed by atoms with E-state index in [9.17, 15) is 9.59 Å². The van der Waals surface area contributed by atoms with Crippen LogP contribution in [0.4, 0.5) is 0 Å². The van der Waals surface area contributed by atoms with Gasteiger partial charge in [-0.1, -0.05) is 30.3 Å². The molecule has 0 bridgehead atoms. The van der Waals surface area contributed by atoms with Crippen LogP contribution in [0.2, 0.25) is 0 Å². The second-order valence-corrected chi connectivity index (χ2v) is 3.75. The number of aryl methyl sites for hydroxylation is 1. The van der Waals surface area contributed by atoms with Crippen LogP contribution in [0.5, 0.6) is 0 Å². The number of amides is 2. The van der Waals surface area contributed by atoms with Gasteiger partial charge < -0.3 is 0 Å². The van der Waals surface area contributed by atoms with Crippen LogP contribution in [0.3, 0.4) is 0 Å². The Bertz CT molecular complexity index is 362. The molecule has 1 rings (SSSR count). The highest BCUT2D eigenvalue weighted by Gasteiger charge is 2.13. The largest absolute Gasteiger partial charge is 0.272 e. The normalized spacial score (nSPS) is 10.0. The molecule has 0 aliphatic heterocycles. The minimum atomic E-state index is -0.391. The molecule has 0 fully saturated rings. The first kappa shape index (κ1) is 13.4. The summed E-state index contributed by atoms with van der Waals surface area (Å²) in [6.45, 7) is 2.96. The number of hydrogen-bond donors (Lipinski definition) is 0. The maximum Gasteiger partial charge on any atom is 0.250 e. The quantitative estimate of drug-likeness (QED) is 0.579. The van der Waals surface area contributed by atoms with Crippen molar-refractivity contribution in [2.45, 2.75) is 26.7 Å². The molecule has 0 unspecified atom stereocenters. The summed E-state index contributed by atoms with van der Waals surface area (Å²) in [4.78, 5) is 27.2. The second-order valence-electron chi connectivity index (χ2n) is 3.75. The fraction of sp³-hybridized carbons (Fsp3) is 0.385. The van der Waals surface area contributed by atoms with Gasteiger partial charge in [0, 0.05) is 13.8 Å². The molecule has 0 atom stereocenters. The molecule has 0 saturated heterocycles. The standard InChI is InChI=1S/C13H17NO3/c1-11(15)14(12(2)16)17-10-6-9-13-7-4-3-5-8-13/h3-5,7-8H,6,9-10H2,1-2H3. The topological polar surface area (TPSA) is 46.6 Å². The number of nitrogens with zero attached hydrogens (tertiary/aromatic N) is 1. The molecule has 0 aromatic heterocycles. The molecule has 0 heterocycles. The summed E-state index contributed by atoms with van der Waals surface area (Å²) in [5, 5.41) is 0.797. The molecule has 4 nitrogen and oxygen atoms in total. The smallest absolute Gasteiger partial charge is 0.250 e. The number of benzene rings is 1. The highest BCUT2D eigenvalue weighted by atomic mass is 16.7. The summed E-state index contributed by atoms with van der Waals surface area (Å²) in [6, 6.07) is 10.00. The summed E-state index contributed by atoms with van der Waals surface area (Å²) in [7, 11) is 0. The number of carbonyl (C=O) groups excluding carboxylic acids is 2. The highest BCUT2D eigenvalue weighted by Crippen LogP contribution is 2.03. The van der Waals surface area contributed by atoms with Crippen molar-refractivity contribution in [2.75, 3.05) is 6.61 Å². The molecule has 4 heteroatoms. The molecule has 0 saturated carbocycles. The lowest BCUT2D eigenvalue weighted by Gasteiger charge is -2.15. The highest BCUT2D eigenvalue weighted by molar-refractivity contribution is 5.91. The van der Waals surface area contributed by atoms with Gasteiger partial charge in [-0.05, 0) is 18.4 Å². The van der Waals surface area contributed by atoms with Gasteiger partial charge in [-0.25, -0.2) is 0 Å². The first-order chi connectivity index (χ1) is 8.11. The lowest BCUT2D eigenvalue weighted by Crippen LogP contribution is -2.33. The van der Waals surface area contributed by atoms with Crippen molar-refractivity contribution < 1.29 is 14.4 Å². The van der Waals surface area contributed by atoms with Crippen LogP contribution in [-0.2, 0) is 20.8 Å². The van der Waals surface area contributed by atoms with Crippen LogP contribution in [0.25, 0.3) is 0 Å². The molecule has 0 radical (unpaired) electrons. The third-order valence-corrected chi connectivity index (χ3v) is 2.25. The lowest BCUT2D eigenvalue weighted by molar-refractivity contribution is -0.192. The molecule has 0 aliphatic carbocycles. The van der Waals surface area contributed by atoms with Gasteiger partial charge in [0.1, 0.15) is 0 Å². The molecule has 0 N–H and O–H groups in total. The fourth-order valence-corrected chi connectivity index (χ4v) is 1.48. The van der Waals surface area contributed by atoms with Gasteiger partial charge in [-0.15, -0.1) is 0 Å². The third-order valence-electron chi connectivity index (χ3n) is 2.25. The maximum absolute atomic E-state index is 11.0. The minimum absolute atomic E-state index is 0.355. The van der Waals surface area contributed by atoms with Crippen molar-refractivity contribution in [2.24, 2.45) is 0 Å².